The summed E-state index contributed by atoms with van der Waals surface area (Å²) < 4.78 is 1.44. The van der Waals surface area contributed by atoms with Gasteiger partial charge in [-0.1, -0.05) is 23.7 Å². The van der Waals surface area contributed by atoms with Gasteiger partial charge in [-0.05, 0) is 24.3 Å². The zero-order valence-electron chi connectivity index (χ0n) is 9.62. The normalized spacial score (nSPS) is 10.8. The number of aromatic carboxylic acids is 1. The third kappa shape index (κ3) is 2.15. The molecule has 1 aromatic carbocycles. The number of carbonyl (C=O) groups is 1. The predicted octanol–water partition coefficient (Wildman–Crippen LogP) is 2.75. The quantitative estimate of drug-likeness (QED) is 0.779. The molecule has 3 aromatic rings. The summed E-state index contributed by atoms with van der Waals surface area (Å²) in [6.07, 6.45) is 1.43. The Labute approximate surface area is 113 Å². The van der Waals surface area contributed by atoms with Crippen LogP contribution in [0.5, 0.6) is 0 Å². The Morgan fingerprint density at radius 3 is 2.84 bits per heavy atom. The Hall–Kier alpha value is -2.40. The van der Waals surface area contributed by atoms with E-state index in [1.807, 2.05) is 12.1 Å². The predicted molar refractivity (Wildman–Crippen MR) is 70.4 cm³/mol. The van der Waals surface area contributed by atoms with Crippen molar-refractivity contribution in [2.75, 3.05) is 0 Å². The van der Waals surface area contributed by atoms with E-state index < -0.39 is 5.97 Å². The van der Waals surface area contributed by atoms with E-state index in [-0.39, 0.29) is 5.56 Å². The minimum Gasteiger partial charge on any atom is -0.478 e. The summed E-state index contributed by atoms with van der Waals surface area (Å²) >= 11 is 5.92. The molecule has 19 heavy (non-hydrogen) atoms. The maximum Gasteiger partial charge on any atom is 0.337 e. The van der Waals surface area contributed by atoms with Crippen LogP contribution in [-0.2, 0) is 0 Å². The van der Waals surface area contributed by atoms with E-state index in [2.05, 4.69) is 10.1 Å². The Morgan fingerprint density at radius 2 is 2.11 bits per heavy atom. The Bertz CT molecular complexity index is 782. The van der Waals surface area contributed by atoms with Crippen LogP contribution in [0, 0.1) is 0 Å². The number of halogens is 1. The molecular weight excluding hydrogens is 266 g/mol. The van der Waals surface area contributed by atoms with E-state index in [4.69, 9.17) is 16.7 Å². The van der Waals surface area contributed by atoms with Crippen LogP contribution < -0.4 is 0 Å². The van der Waals surface area contributed by atoms with E-state index in [1.165, 1.54) is 16.8 Å². The highest BCUT2D eigenvalue weighted by molar-refractivity contribution is 6.30. The van der Waals surface area contributed by atoms with Gasteiger partial charge in [-0.3, -0.25) is 0 Å². The van der Waals surface area contributed by atoms with E-state index >= 15 is 0 Å². The van der Waals surface area contributed by atoms with Gasteiger partial charge in [0.05, 0.1) is 5.56 Å². The maximum absolute atomic E-state index is 10.9. The number of benzene rings is 1. The van der Waals surface area contributed by atoms with Gasteiger partial charge in [0.2, 0.25) is 0 Å². The van der Waals surface area contributed by atoms with Gasteiger partial charge in [0.1, 0.15) is 0 Å². The van der Waals surface area contributed by atoms with Crippen molar-refractivity contribution in [3.8, 4) is 11.4 Å². The second-order valence-electron chi connectivity index (χ2n) is 3.97. The molecule has 0 atom stereocenters. The number of carboxylic acid groups (broad SMARTS) is 1. The minimum absolute atomic E-state index is 0.162. The number of rotatable bonds is 2. The third-order valence-corrected chi connectivity index (χ3v) is 2.90. The summed E-state index contributed by atoms with van der Waals surface area (Å²) in [5.74, 6) is -0.494. The van der Waals surface area contributed by atoms with Crippen LogP contribution in [0.15, 0.2) is 42.6 Å². The van der Waals surface area contributed by atoms with Crippen molar-refractivity contribution in [1.82, 2.24) is 14.6 Å². The second kappa shape index (κ2) is 4.37. The van der Waals surface area contributed by atoms with Gasteiger partial charge in [-0.2, -0.15) is 0 Å². The number of fused-ring (bicyclic) bond motifs is 1. The topological polar surface area (TPSA) is 67.5 Å². The Balaban J connectivity index is 2.14. The first-order valence-corrected chi connectivity index (χ1v) is 5.87. The summed E-state index contributed by atoms with van der Waals surface area (Å²) in [6, 6.07) is 10.3. The molecule has 2 aromatic heterocycles. The van der Waals surface area contributed by atoms with Crippen LogP contribution in [0.3, 0.4) is 0 Å². The van der Waals surface area contributed by atoms with Crippen molar-refractivity contribution in [2.45, 2.75) is 0 Å². The number of hydrogen-bond donors (Lipinski definition) is 1. The molecule has 0 amide bonds. The fourth-order valence-electron chi connectivity index (χ4n) is 1.76. The first-order chi connectivity index (χ1) is 9.13. The first-order valence-electron chi connectivity index (χ1n) is 5.49. The highest BCUT2D eigenvalue weighted by Gasteiger charge is 2.09. The van der Waals surface area contributed by atoms with Crippen LogP contribution >= 0.6 is 11.6 Å². The van der Waals surface area contributed by atoms with E-state index in [0.717, 1.165) is 5.56 Å². The zero-order valence-corrected chi connectivity index (χ0v) is 10.4. The molecule has 1 N–H and O–H groups in total. The molecule has 0 saturated heterocycles. The number of aromatic nitrogens is 3. The van der Waals surface area contributed by atoms with Gasteiger partial charge in [0.15, 0.2) is 11.5 Å². The average molecular weight is 274 g/mol. The zero-order chi connectivity index (χ0) is 13.4. The standard InChI is InChI=1S/C13H8ClN3O2/c14-10-3-1-2-8(6-10)12-15-11-5-4-9(13(18)19)7-17(11)16-12/h1-7H,(H,18,19). The Morgan fingerprint density at radius 1 is 1.26 bits per heavy atom. The average Bonchev–Trinajstić information content (AvgIpc) is 2.81. The lowest BCUT2D eigenvalue weighted by Crippen LogP contribution is -1.99. The van der Waals surface area contributed by atoms with E-state index in [9.17, 15) is 4.79 Å². The molecule has 0 radical (unpaired) electrons. The minimum atomic E-state index is -0.998. The Kier molecular flexibility index (Phi) is 2.68. The monoisotopic (exact) mass is 273 g/mol. The maximum atomic E-state index is 10.9. The molecule has 0 aliphatic rings. The number of carboxylic acids is 1. The summed E-state index contributed by atoms with van der Waals surface area (Å²) in [6.45, 7) is 0. The van der Waals surface area contributed by atoms with Gasteiger partial charge in [0, 0.05) is 16.8 Å². The van der Waals surface area contributed by atoms with E-state index in [0.29, 0.717) is 16.5 Å². The van der Waals surface area contributed by atoms with Gasteiger partial charge in [-0.25, -0.2) is 14.3 Å². The molecule has 0 saturated carbocycles. The molecule has 0 aliphatic heterocycles. The number of hydrogen-bond acceptors (Lipinski definition) is 3. The van der Waals surface area contributed by atoms with Gasteiger partial charge in [0.25, 0.3) is 0 Å². The molecule has 5 nitrogen and oxygen atoms in total. The lowest BCUT2D eigenvalue weighted by molar-refractivity contribution is 0.0696. The smallest absolute Gasteiger partial charge is 0.337 e. The molecule has 0 unspecified atom stereocenters. The second-order valence-corrected chi connectivity index (χ2v) is 4.41. The van der Waals surface area contributed by atoms with Gasteiger partial charge >= 0.3 is 5.97 Å². The summed E-state index contributed by atoms with van der Waals surface area (Å²) in [5.41, 5.74) is 1.53. The SMILES string of the molecule is O=C(O)c1ccc2nc(-c3cccc(Cl)c3)nn2c1. The van der Waals surface area contributed by atoms with Crippen molar-refractivity contribution >= 4 is 23.2 Å². The fourth-order valence-corrected chi connectivity index (χ4v) is 1.95. The van der Waals surface area contributed by atoms with Crippen molar-refractivity contribution < 1.29 is 9.90 Å². The van der Waals surface area contributed by atoms with Crippen LogP contribution in [0.25, 0.3) is 17.0 Å². The fraction of sp³-hybridized carbons (Fsp3) is 0. The van der Waals surface area contributed by atoms with Crippen molar-refractivity contribution in [1.29, 1.82) is 0 Å². The summed E-state index contributed by atoms with van der Waals surface area (Å²) in [5, 5.41) is 13.8. The molecule has 94 valence electrons. The molecular formula is C13H8ClN3O2. The van der Waals surface area contributed by atoms with Crippen molar-refractivity contribution in [2.24, 2.45) is 0 Å². The molecule has 3 rings (SSSR count). The molecule has 0 spiro atoms. The van der Waals surface area contributed by atoms with Crippen LogP contribution in [0.4, 0.5) is 0 Å². The van der Waals surface area contributed by atoms with E-state index in [1.54, 1.807) is 18.2 Å². The van der Waals surface area contributed by atoms with Crippen LogP contribution in [0.1, 0.15) is 10.4 Å². The first kappa shape index (κ1) is 11.7. The van der Waals surface area contributed by atoms with Crippen molar-refractivity contribution in [3.63, 3.8) is 0 Å². The van der Waals surface area contributed by atoms with Gasteiger partial charge < -0.3 is 5.11 Å². The molecule has 6 heteroatoms. The largest absolute Gasteiger partial charge is 0.478 e. The van der Waals surface area contributed by atoms with Gasteiger partial charge in [-0.15, -0.1) is 5.10 Å². The molecule has 0 fully saturated rings. The lowest BCUT2D eigenvalue weighted by atomic mass is 10.2. The molecule has 0 aliphatic carbocycles. The highest BCUT2D eigenvalue weighted by Crippen LogP contribution is 2.20. The summed E-state index contributed by atoms with van der Waals surface area (Å²) in [4.78, 5) is 15.2. The highest BCUT2D eigenvalue weighted by atomic mass is 35.5. The summed E-state index contributed by atoms with van der Waals surface area (Å²) in [7, 11) is 0. The van der Waals surface area contributed by atoms with Crippen LogP contribution in [-0.4, -0.2) is 25.7 Å². The van der Waals surface area contributed by atoms with Crippen molar-refractivity contribution in [3.05, 3.63) is 53.2 Å². The third-order valence-electron chi connectivity index (χ3n) is 2.66. The lowest BCUT2D eigenvalue weighted by Gasteiger charge is -1.94. The number of nitrogens with zero attached hydrogens (tertiary/aromatic N) is 3. The molecule has 0 bridgehead atoms. The number of pyridine rings is 1. The molecule has 2 heterocycles. The van der Waals surface area contributed by atoms with Crippen LogP contribution in [0.2, 0.25) is 5.02 Å².